The Morgan fingerprint density at radius 3 is 1.77 bits per heavy atom. The summed E-state index contributed by atoms with van der Waals surface area (Å²) >= 11 is 0. The Hall–Kier alpha value is -9.52. The van der Waals surface area contributed by atoms with Crippen LogP contribution < -0.4 is 31.2 Å². The third-order valence-electron chi connectivity index (χ3n) is 11.2. The molecule has 74 heavy (non-hydrogen) atoms. The molecule has 9 aromatic rings. The van der Waals surface area contributed by atoms with Crippen molar-refractivity contribution in [1.82, 2.24) is 20.5 Å². The fraction of sp³-hybridized carbons (Fsp3) is 0.200. The minimum absolute atomic E-state index is 0.0962. The molecule has 0 saturated carbocycles. The number of aromatic carboxylic acids is 1. The number of methoxy groups -OCH3 is 2. The van der Waals surface area contributed by atoms with E-state index in [2.05, 4.69) is 41.6 Å². The van der Waals surface area contributed by atoms with Crippen molar-refractivity contribution < 1.29 is 47.7 Å². The van der Waals surface area contributed by atoms with E-state index in [1.54, 1.807) is 44.6 Å². The number of nitrogens with one attached hydrogen (secondary N) is 3. The van der Waals surface area contributed by atoms with Crippen molar-refractivity contribution in [2.75, 3.05) is 30.2 Å². The van der Waals surface area contributed by atoms with Crippen molar-refractivity contribution in [3.63, 3.8) is 0 Å². The molecule has 0 saturated heterocycles. The van der Waals surface area contributed by atoms with Crippen molar-refractivity contribution in [1.29, 1.82) is 0 Å². The van der Waals surface area contributed by atoms with E-state index in [0.717, 1.165) is 49.9 Å². The molecule has 0 radical (unpaired) electrons. The highest BCUT2D eigenvalue weighted by atomic mass is 16.5. The largest absolute Gasteiger partial charge is 0.496 e. The van der Waals surface area contributed by atoms with Gasteiger partial charge in [0.05, 0.1) is 31.9 Å². The zero-order valence-corrected chi connectivity index (χ0v) is 41.9. The lowest BCUT2D eigenvalue weighted by Crippen LogP contribution is -2.19. The van der Waals surface area contributed by atoms with Crippen LogP contribution in [0.5, 0.6) is 11.5 Å². The van der Waals surface area contributed by atoms with E-state index >= 15 is 0 Å². The Bertz CT molecular complexity index is 3440. The minimum Gasteiger partial charge on any atom is -0.496 e. The number of oxime groups is 1. The first kappa shape index (κ1) is 52.3. The molecular weight excluding hydrogens is 947 g/mol. The quantitative estimate of drug-likeness (QED) is 0.0304. The van der Waals surface area contributed by atoms with Crippen LogP contribution in [0.25, 0.3) is 44.4 Å². The van der Waals surface area contributed by atoms with Gasteiger partial charge in [0.25, 0.3) is 5.89 Å². The van der Waals surface area contributed by atoms with Gasteiger partial charge in [-0.1, -0.05) is 111 Å². The highest BCUT2D eigenvalue weighted by molar-refractivity contribution is 6.10. The van der Waals surface area contributed by atoms with Crippen molar-refractivity contribution in [3.05, 3.63) is 162 Å². The Kier molecular flexibility index (Phi) is 16.0. The average molecular weight is 1000 g/mol. The second-order valence-corrected chi connectivity index (χ2v) is 18.7. The van der Waals surface area contributed by atoms with Crippen LogP contribution in [0.2, 0.25) is 0 Å². The Balaban J connectivity index is 0.000000179. The molecule has 0 atom stereocenters. The van der Waals surface area contributed by atoms with Crippen LogP contribution in [0.4, 0.5) is 22.0 Å². The van der Waals surface area contributed by atoms with Gasteiger partial charge in [-0.25, -0.2) is 9.59 Å². The Morgan fingerprint density at radius 1 is 0.635 bits per heavy atom. The number of anilines is 3. The lowest BCUT2D eigenvalue weighted by molar-refractivity contribution is -0.115. The summed E-state index contributed by atoms with van der Waals surface area (Å²) in [4.78, 5) is 39.6. The summed E-state index contributed by atoms with van der Waals surface area (Å²) in [6.07, 6.45) is 0.129. The number of nitrogens with zero attached hydrogens (tertiary/aromatic N) is 5. The molecule has 0 aliphatic carbocycles. The second kappa shape index (κ2) is 22.7. The molecule has 0 aliphatic rings. The fourth-order valence-electron chi connectivity index (χ4n) is 7.30. The minimum atomic E-state index is -1.02. The third-order valence-corrected chi connectivity index (χ3v) is 11.2. The molecule has 7 N–H and O–H groups in total. The molecular formula is C55H55N9O10. The van der Waals surface area contributed by atoms with E-state index in [1.165, 1.54) is 24.3 Å². The van der Waals surface area contributed by atoms with E-state index < -0.39 is 12.0 Å². The number of rotatable bonds is 11. The predicted octanol–water partition coefficient (Wildman–Crippen LogP) is 11.3. The van der Waals surface area contributed by atoms with Crippen LogP contribution in [0, 0.1) is 0 Å². The van der Waals surface area contributed by atoms with Crippen molar-refractivity contribution in [3.8, 4) is 34.3 Å². The molecule has 0 unspecified atom stereocenters. The number of carbonyl (C=O) groups is 3. The standard InChI is InChI=1S/C28H26N4O4.C15H17N3O4.C12H12N2O2/c1-28(2,3)24-15-19(31-35-24)16-25(33)29-18-11-9-17(10-12-18)27-30-26(32-36-27)22-13-14-23(34-4)21-8-6-5-7-20(21)22;1-15(2,3)11-8-12(18-22-11)17-14(21)16-10-6-4-9(5-7-10)13(19)20;1-16-11-7-6-10(12(13)14-15)8-4-2-3-5-9(8)11/h5-15H,16H2,1-4H3,(H,29,33);4-8H,1-3H3,(H,19,20)(H2,16,17,18,21);2-7,15H,1H3,(H2,13,14). The molecule has 6 aromatic carbocycles. The van der Waals surface area contributed by atoms with Crippen molar-refractivity contribution in [2.24, 2.45) is 10.9 Å². The van der Waals surface area contributed by atoms with Crippen LogP contribution in [-0.2, 0) is 22.0 Å². The van der Waals surface area contributed by atoms with Gasteiger partial charge in [-0.3, -0.25) is 10.1 Å². The lowest BCUT2D eigenvalue weighted by atomic mass is 9.93. The molecule has 380 valence electrons. The zero-order chi connectivity index (χ0) is 53.2. The molecule has 0 spiro atoms. The van der Waals surface area contributed by atoms with E-state index in [4.69, 9.17) is 39.1 Å². The lowest BCUT2D eigenvalue weighted by Gasteiger charge is -2.12. The van der Waals surface area contributed by atoms with Crippen LogP contribution >= 0.6 is 0 Å². The molecule has 9 rings (SSSR count). The van der Waals surface area contributed by atoms with Gasteiger partial charge < -0.3 is 49.7 Å². The highest BCUT2D eigenvalue weighted by Crippen LogP contribution is 2.35. The maximum atomic E-state index is 12.5. The fourth-order valence-corrected chi connectivity index (χ4v) is 7.30. The van der Waals surface area contributed by atoms with Crippen LogP contribution in [-0.4, -0.2) is 68.7 Å². The average Bonchev–Trinajstić information content (AvgIpc) is 4.19. The SMILES string of the molecule is CC(C)(C)c1cc(NC(=O)Nc2ccc(C(=O)O)cc2)no1.COc1ccc(-c2noc(-c3ccc(NC(=O)Cc4cc(C(C)(C)C)on4)cc3)n2)c2ccccc12.COc1ccc(/C(N)=N\O)c2ccccc12. The number of hydrogen-bond acceptors (Lipinski definition) is 14. The monoisotopic (exact) mass is 1000 g/mol. The Morgan fingerprint density at radius 2 is 1.19 bits per heavy atom. The molecule has 19 nitrogen and oxygen atoms in total. The van der Waals surface area contributed by atoms with Gasteiger partial charge in [-0.05, 0) is 83.6 Å². The van der Waals surface area contributed by atoms with E-state index in [0.29, 0.717) is 45.9 Å². The van der Waals surface area contributed by atoms with Gasteiger partial charge in [0.2, 0.25) is 11.7 Å². The molecule has 3 amide bonds. The number of fused-ring (bicyclic) bond motifs is 2. The smallest absolute Gasteiger partial charge is 0.335 e. The predicted molar refractivity (Wildman–Crippen MR) is 281 cm³/mol. The van der Waals surface area contributed by atoms with Crippen molar-refractivity contribution in [2.45, 2.75) is 58.8 Å². The van der Waals surface area contributed by atoms with Gasteiger partial charge in [-0.2, -0.15) is 4.98 Å². The van der Waals surface area contributed by atoms with Gasteiger partial charge >= 0.3 is 12.0 Å². The number of urea groups is 1. The topological polar surface area (TPSA) is 276 Å². The number of benzene rings is 6. The number of hydrogen-bond donors (Lipinski definition) is 6. The highest BCUT2D eigenvalue weighted by Gasteiger charge is 2.22. The third kappa shape index (κ3) is 12.9. The summed E-state index contributed by atoms with van der Waals surface area (Å²) in [5, 5.41) is 44.3. The Labute approximate surface area is 425 Å². The second-order valence-electron chi connectivity index (χ2n) is 18.7. The zero-order valence-electron chi connectivity index (χ0n) is 41.9. The van der Waals surface area contributed by atoms with E-state index in [9.17, 15) is 14.4 Å². The van der Waals surface area contributed by atoms with Crippen LogP contribution in [0.1, 0.15) is 74.7 Å². The normalized spacial score (nSPS) is 11.4. The summed E-state index contributed by atoms with van der Waals surface area (Å²) < 4.78 is 26.8. The summed E-state index contributed by atoms with van der Waals surface area (Å²) in [7, 11) is 3.27. The number of carboxylic acid groups (broad SMARTS) is 1. The molecule has 0 aliphatic heterocycles. The number of carbonyl (C=O) groups excluding carboxylic acids is 2. The molecule has 3 aromatic heterocycles. The van der Waals surface area contributed by atoms with E-state index in [1.807, 2.05) is 120 Å². The van der Waals surface area contributed by atoms with Gasteiger partial charge in [-0.15, -0.1) is 0 Å². The summed E-state index contributed by atoms with van der Waals surface area (Å²) in [5.74, 6) is 3.05. The van der Waals surface area contributed by atoms with Gasteiger partial charge in [0.15, 0.2) is 11.7 Å². The number of nitrogens with two attached hydrogens (primary N) is 1. The van der Waals surface area contributed by atoms with Gasteiger partial charge in [0.1, 0.15) is 23.0 Å². The number of aromatic nitrogens is 4. The molecule has 19 heteroatoms. The van der Waals surface area contributed by atoms with Gasteiger partial charge in [0, 0.05) is 61.8 Å². The molecule has 0 bridgehead atoms. The molecule has 0 fully saturated rings. The first-order valence-electron chi connectivity index (χ1n) is 23.0. The maximum Gasteiger partial charge on any atom is 0.335 e. The first-order valence-corrected chi connectivity index (χ1v) is 23.0. The number of amides is 3. The summed E-state index contributed by atoms with van der Waals surface area (Å²) in [6, 6.07) is 39.0. The van der Waals surface area contributed by atoms with Crippen LogP contribution in [0.15, 0.2) is 152 Å². The van der Waals surface area contributed by atoms with E-state index in [-0.39, 0.29) is 34.6 Å². The number of amidine groups is 1. The molecule has 3 heterocycles. The number of ether oxygens (including phenoxy) is 2. The maximum absolute atomic E-state index is 12.5. The van der Waals surface area contributed by atoms with Crippen molar-refractivity contribution >= 4 is 62.5 Å². The van der Waals surface area contributed by atoms with Crippen LogP contribution in [0.3, 0.4) is 0 Å². The summed E-state index contributed by atoms with van der Waals surface area (Å²) in [6.45, 7) is 12.0. The summed E-state index contributed by atoms with van der Waals surface area (Å²) in [5.41, 5.74) is 9.42. The first-order chi connectivity index (χ1) is 35.3. The number of carboxylic acids is 1.